The van der Waals surface area contributed by atoms with Gasteiger partial charge in [-0.05, 0) is 37.5 Å². The van der Waals surface area contributed by atoms with Gasteiger partial charge in [-0.25, -0.2) is 5.43 Å². The van der Waals surface area contributed by atoms with Crippen LogP contribution in [0.25, 0.3) is 0 Å². The zero-order valence-corrected chi connectivity index (χ0v) is 11.4. The number of amides is 1. The molecule has 1 aromatic heterocycles. The van der Waals surface area contributed by atoms with E-state index in [0.29, 0.717) is 5.56 Å². The van der Waals surface area contributed by atoms with Crippen LogP contribution >= 0.6 is 0 Å². The molecule has 1 amide bonds. The van der Waals surface area contributed by atoms with Crippen LogP contribution in [-0.4, -0.2) is 16.6 Å². The van der Waals surface area contributed by atoms with E-state index in [4.69, 9.17) is 0 Å². The lowest BCUT2D eigenvalue weighted by atomic mass is 10.1. The number of aromatic nitrogens is 1. The first kappa shape index (κ1) is 13.9. The number of nitrogens with zero attached hydrogens (tertiary/aromatic N) is 2. The number of hydrazone groups is 1. The van der Waals surface area contributed by atoms with Gasteiger partial charge in [0.25, 0.3) is 5.91 Å². The van der Waals surface area contributed by atoms with Crippen LogP contribution in [0.5, 0.6) is 0 Å². The topological polar surface area (TPSA) is 54.4 Å². The molecule has 2 aromatic rings. The second-order valence-electron chi connectivity index (χ2n) is 4.52. The summed E-state index contributed by atoms with van der Waals surface area (Å²) in [6.45, 7) is 1.91. The maximum absolute atomic E-state index is 11.8. The van der Waals surface area contributed by atoms with Crippen LogP contribution in [-0.2, 0) is 6.42 Å². The fourth-order valence-electron chi connectivity index (χ4n) is 1.73. The first-order chi connectivity index (χ1) is 9.75. The Morgan fingerprint density at radius 2 is 2.00 bits per heavy atom. The molecule has 0 unspecified atom stereocenters. The van der Waals surface area contributed by atoms with E-state index < -0.39 is 0 Å². The molecular formula is C16H17N3O. The number of carbonyl (C=O) groups excluding carboxylic acids is 1. The molecule has 1 N–H and O–H groups in total. The third-order valence-electron chi connectivity index (χ3n) is 2.89. The number of hydrogen-bond donors (Lipinski definition) is 1. The minimum Gasteiger partial charge on any atom is -0.267 e. The average molecular weight is 267 g/mol. The Hall–Kier alpha value is -2.49. The molecule has 102 valence electrons. The van der Waals surface area contributed by atoms with E-state index in [-0.39, 0.29) is 5.91 Å². The van der Waals surface area contributed by atoms with E-state index in [1.807, 2.05) is 25.1 Å². The fraction of sp³-hybridized carbons (Fsp3) is 0.188. The molecule has 0 atom stereocenters. The average Bonchev–Trinajstić information content (AvgIpc) is 2.52. The molecular weight excluding hydrogens is 250 g/mol. The summed E-state index contributed by atoms with van der Waals surface area (Å²) in [6.07, 6.45) is 4.88. The van der Waals surface area contributed by atoms with Gasteiger partial charge in [-0.1, -0.05) is 30.3 Å². The van der Waals surface area contributed by atoms with Gasteiger partial charge in [-0.2, -0.15) is 5.10 Å². The van der Waals surface area contributed by atoms with Gasteiger partial charge >= 0.3 is 0 Å². The smallest absolute Gasteiger partial charge is 0.267 e. The highest BCUT2D eigenvalue weighted by Crippen LogP contribution is 2.03. The second kappa shape index (κ2) is 7.19. The Morgan fingerprint density at radius 3 is 2.70 bits per heavy atom. The first-order valence-corrected chi connectivity index (χ1v) is 6.53. The normalized spacial score (nSPS) is 11.2. The van der Waals surface area contributed by atoms with E-state index in [9.17, 15) is 4.79 Å². The maximum Gasteiger partial charge on any atom is 0.272 e. The number of benzene rings is 1. The zero-order valence-electron chi connectivity index (χ0n) is 11.4. The minimum absolute atomic E-state index is 0.239. The van der Waals surface area contributed by atoms with Gasteiger partial charge in [0.2, 0.25) is 0 Å². The summed E-state index contributed by atoms with van der Waals surface area (Å²) in [5.41, 5.74) is 5.21. The minimum atomic E-state index is -0.239. The third-order valence-corrected chi connectivity index (χ3v) is 2.89. The van der Waals surface area contributed by atoms with Crippen molar-refractivity contribution in [1.29, 1.82) is 0 Å². The van der Waals surface area contributed by atoms with Gasteiger partial charge < -0.3 is 0 Å². The SMILES string of the molecule is C/C(CCc1ccccc1)=N/NC(=O)c1cccnc1. The molecule has 1 aromatic carbocycles. The van der Waals surface area contributed by atoms with Gasteiger partial charge in [-0.15, -0.1) is 0 Å². The van der Waals surface area contributed by atoms with Crippen LogP contribution in [0.4, 0.5) is 0 Å². The fourth-order valence-corrected chi connectivity index (χ4v) is 1.73. The van der Waals surface area contributed by atoms with Gasteiger partial charge in [-0.3, -0.25) is 9.78 Å². The van der Waals surface area contributed by atoms with Gasteiger partial charge in [0.15, 0.2) is 0 Å². The standard InChI is InChI=1S/C16H17N3O/c1-13(9-10-14-6-3-2-4-7-14)18-19-16(20)15-8-5-11-17-12-15/h2-8,11-12H,9-10H2,1H3,(H,19,20)/b18-13-. The Bertz CT molecular complexity index is 579. The van der Waals surface area contributed by atoms with Crippen molar-refractivity contribution in [3.8, 4) is 0 Å². The molecule has 2 rings (SSSR count). The van der Waals surface area contributed by atoms with Crippen molar-refractivity contribution in [2.24, 2.45) is 5.10 Å². The molecule has 0 bridgehead atoms. The van der Waals surface area contributed by atoms with Crippen LogP contribution in [0.1, 0.15) is 29.3 Å². The summed E-state index contributed by atoms with van der Waals surface area (Å²) in [7, 11) is 0. The van der Waals surface area contributed by atoms with E-state index in [2.05, 4.69) is 27.6 Å². The number of aryl methyl sites for hydroxylation is 1. The largest absolute Gasteiger partial charge is 0.272 e. The van der Waals surface area contributed by atoms with Gasteiger partial charge in [0.1, 0.15) is 0 Å². The first-order valence-electron chi connectivity index (χ1n) is 6.53. The van der Waals surface area contributed by atoms with Crippen LogP contribution in [0.2, 0.25) is 0 Å². The number of hydrogen-bond acceptors (Lipinski definition) is 3. The molecule has 4 heteroatoms. The van der Waals surface area contributed by atoms with Crippen molar-refractivity contribution in [3.63, 3.8) is 0 Å². The highest BCUT2D eigenvalue weighted by atomic mass is 16.2. The Morgan fingerprint density at radius 1 is 1.20 bits per heavy atom. The molecule has 0 fully saturated rings. The number of rotatable bonds is 5. The molecule has 4 nitrogen and oxygen atoms in total. The molecule has 0 aliphatic carbocycles. The molecule has 0 saturated carbocycles. The summed E-state index contributed by atoms with van der Waals surface area (Å²) in [5, 5.41) is 4.10. The number of nitrogens with one attached hydrogen (secondary N) is 1. The van der Waals surface area contributed by atoms with Crippen molar-refractivity contribution >= 4 is 11.6 Å². The van der Waals surface area contributed by atoms with Crippen LogP contribution in [0, 0.1) is 0 Å². The predicted molar refractivity (Wildman–Crippen MR) is 79.6 cm³/mol. The summed E-state index contributed by atoms with van der Waals surface area (Å²) in [4.78, 5) is 15.7. The lowest BCUT2D eigenvalue weighted by molar-refractivity contribution is 0.0954. The molecule has 0 radical (unpaired) electrons. The highest BCUT2D eigenvalue weighted by molar-refractivity contribution is 5.94. The lowest BCUT2D eigenvalue weighted by Crippen LogP contribution is -2.19. The number of carbonyl (C=O) groups is 1. The molecule has 0 aliphatic rings. The van der Waals surface area contributed by atoms with Gasteiger partial charge in [0.05, 0.1) is 5.56 Å². The van der Waals surface area contributed by atoms with E-state index in [1.165, 1.54) is 11.8 Å². The Balaban J connectivity index is 1.84. The van der Waals surface area contributed by atoms with Gasteiger partial charge in [0, 0.05) is 18.1 Å². The van der Waals surface area contributed by atoms with Crippen LogP contribution in [0.15, 0.2) is 60.0 Å². The van der Waals surface area contributed by atoms with Crippen molar-refractivity contribution in [2.45, 2.75) is 19.8 Å². The van der Waals surface area contributed by atoms with E-state index in [0.717, 1.165) is 18.6 Å². The summed E-state index contributed by atoms with van der Waals surface area (Å²) in [5.74, 6) is -0.239. The van der Waals surface area contributed by atoms with Crippen molar-refractivity contribution < 1.29 is 4.79 Å². The highest BCUT2D eigenvalue weighted by Gasteiger charge is 2.03. The monoisotopic (exact) mass is 267 g/mol. The van der Waals surface area contributed by atoms with Crippen LogP contribution in [0.3, 0.4) is 0 Å². The summed E-state index contributed by atoms with van der Waals surface area (Å²) in [6, 6.07) is 13.6. The maximum atomic E-state index is 11.8. The zero-order chi connectivity index (χ0) is 14.2. The van der Waals surface area contributed by atoms with E-state index >= 15 is 0 Å². The third kappa shape index (κ3) is 4.31. The Kier molecular flexibility index (Phi) is 5.00. The quantitative estimate of drug-likeness (QED) is 0.669. The van der Waals surface area contributed by atoms with E-state index in [1.54, 1.807) is 18.3 Å². The summed E-state index contributed by atoms with van der Waals surface area (Å²) < 4.78 is 0. The van der Waals surface area contributed by atoms with Crippen LogP contribution < -0.4 is 5.43 Å². The molecule has 0 saturated heterocycles. The predicted octanol–water partition coefficient (Wildman–Crippen LogP) is 2.82. The molecule has 20 heavy (non-hydrogen) atoms. The summed E-state index contributed by atoms with van der Waals surface area (Å²) >= 11 is 0. The van der Waals surface area contributed by atoms with Crippen molar-refractivity contribution in [3.05, 3.63) is 66.0 Å². The molecule has 1 heterocycles. The second-order valence-corrected chi connectivity index (χ2v) is 4.52. The van der Waals surface area contributed by atoms with Crippen molar-refractivity contribution in [2.75, 3.05) is 0 Å². The number of pyridine rings is 1. The Labute approximate surface area is 118 Å². The molecule has 0 spiro atoms. The lowest BCUT2D eigenvalue weighted by Gasteiger charge is -2.03. The molecule has 0 aliphatic heterocycles. The van der Waals surface area contributed by atoms with Crippen molar-refractivity contribution in [1.82, 2.24) is 10.4 Å².